The third-order valence-corrected chi connectivity index (χ3v) is 4.56. The number of nitrogens with zero attached hydrogens (tertiary/aromatic N) is 1. The van der Waals surface area contributed by atoms with Gasteiger partial charge in [0.05, 0.1) is 10.6 Å². The topological polar surface area (TPSA) is 85.1 Å². The largest absolute Gasteiger partial charge is 0.323 e. The number of nitrogens with one attached hydrogen (secondary N) is 1. The van der Waals surface area contributed by atoms with E-state index in [0.717, 1.165) is 17.4 Å². The number of rotatable bonds is 4. The van der Waals surface area contributed by atoms with E-state index in [0.29, 0.717) is 5.69 Å². The summed E-state index contributed by atoms with van der Waals surface area (Å²) in [4.78, 5) is 3.90. The quantitative estimate of drug-likeness (QED) is 0.905. The van der Waals surface area contributed by atoms with Gasteiger partial charge in [-0.1, -0.05) is 6.07 Å². The lowest BCUT2D eigenvalue weighted by Gasteiger charge is -2.05. The maximum absolute atomic E-state index is 13.0. The van der Waals surface area contributed by atoms with E-state index in [9.17, 15) is 12.8 Å². The van der Waals surface area contributed by atoms with Gasteiger partial charge in [-0.2, -0.15) is 0 Å². The predicted molar refractivity (Wildman–Crippen MR) is 71.9 cm³/mol. The molecule has 5 nitrogen and oxygen atoms in total. The van der Waals surface area contributed by atoms with Crippen LogP contribution in [-0.4, -0.2) is 13.4 Å². The first kappa shape index (κ1) is 13.9. The van der Waals surface area contributed by atoms with Crippen molar-refractivity contribution in [3.05, 3.63) is 41.2 Å². The number of benzene rings is 1. The number of halogens is 1. The first-order chi connectivity index (χ1) is 8.88. The van der Waals surface area contributed by atoms with Crippen LogP contribution in [0.3, 0.4) is 0 Å². The molecule has 0 saturated carbocycles. The van der Waals surface area contributed by atoms with Crippen LogP contribution in [0.25, 0.3) is 0 Å². The normalized spacial score (nSPS) is 13.2. The average molecular weight is 301 g/mol. The number of nitrogens with two attached hydrogens (primary N) is 1. The van der Waals surface area contributed by atoms with Crippen LogP contribution in [0.1, 0.15) is 18.7 Å². The van der Waals surface area contributed by atoms with Gasteiger partial charge in [0.1, 0.15) is 5.82 Å². The van der Waals surface area contributed by atoms with Gasteiger partial charge in [0, 0.05) is 11.4 Å². The molecule has 1 aromatic heterocycles. The standard InChI is InChI=1S/C11H12FN3O2S2/c1-7(13)10-6-18-11(14-10)15-19(16,17)9-4-2-3-8(12)5-9/h2-7H,13H2,1H3,(H,14,15). The fraction of sp³-hybridized carbons (Fsp3) is 0.182. The van der Waals surface area contributed by atoms with Crippen LogP contribution in [0.4, 0.5) is 9.52 Å². The maximum Gasteiger partial charge on any atom is 0.263 e. The molecule has 0 fully saturated rings. The Morgan fingerprint density at radius 3 is 2.79 bits per heavy atom. The molecule has 0 aliphatic rings. The lowest BCUT2D eigenvalue weighted by Crippen LogP contribution is -2.13. The molecule has 1 unspecified atom stereocenters. The maximum atomic E-state index is 13.0. The molecular weight excluding hydrogens is 289 g/mol. The van der Waals surface area contributed by atoms with E-state index >= 15 is 0 Å². The van der Waals surface area contributed by atoms with Gasteiger partial charge in [-0.3, -0.25) is 4.72 Å². The number of hydrogen-bond acceptors (Lipinski definition) is 5. The molecule has 0 bridgehead atoms. The highest BCUT2D eigenvalue weighted by Crippen LogP contribution is 2.22. The summed E-state index contributed by atoms with van der Waals surface area (Å²) in [6.45, 7) is 1.75. The molecule has 19 heavy (non-hydrogen) atoms. The third kappa shape index (κ3) is 3.28. The molecule has 0 amide bonds. The second-order valence-corrected chi connectivity index (χ2v) is 6.47. The molecule has 0 saturated heterocycles. The van der Waals surface area contributed by atoms with Crippen LogP contribution in [0, 0.1) is 5.82 Å². The predicted octanol–water partition coefficient (Wildman–Crippen LogP) is 2.10. The molecule has 0 aliphatic heterocycles. The van der Waals surface area contributed by atoms with Crippen LogP contribution >= 0.6 is 11.3 Å². The zero-order valence-corrected chi connectivity index (χ0v) is 11.6. The van der Waals surface area contributed by atoms with Crippen LogP contribution in [-0.2, 0) is 10.0 Å². The Hall–Kier alpha value is -1.51. The Labute approximate surface area is 114 Å². The third-order valence-electron chi connectivity index (χ3n) is 2.32. The van der Waals surface area contributed by atoms with Crippen LogP contribution in [0.5, 0.6) is 0 Å². The molecule has 3 N–H and O–H groups in total. The van der Waals surface area contributed by atoms with Crippen LogP contribution in [0.15, 0.2) is 34.5 Å². The first-order valence-corrected chi connectivity index (χ1v) is 7.74. The van der Waals surface area contributed by atoms with E-state index in [1.807, 2.05) is 0 Å². The van der Waals surface area contributed by atoms with Gasteiger partial charge in [0.2, 0.25) is 0 Å². The Bertz CT molecular complexity index is 683. The zero-order chi connectivity index (χ0) is 14.0. The highest BCUT2D eigenvalue weighted by Gasteiger charge is 2.17. The summed E-state index contributed by atoms with van der Waals surface area (Å²) in [7, 11) is -3.83. The molecular formula is C11H12FN3O2S2. The van der Waals surface area contributed by atoms with Crippen molar-refractivity contribution < 1.29 is 12.8 Å². The Balaban J connectivity index is 2.26. The summed E-state index contributed by atoms with van der Waals surface area (Å²) in [6.07, 6.45) is 0. The van der Waals surface area contributed by atoms with E-state index in [4.69, 9.17) is 5.73 Å². The molecule has 1 aromatic carbocycles. The van der Waals surface area contributed by atoms with E-state index < -0.39 is 15.8 Å². The fourth-order valence-electron chi connectivity index (χ4n) is 1.35. The summed E-state index contributed by atoms with van der Waals surface area (Å²) < 4.78 is 39.3. The number of thiazole rings is 1. The zero-order valence-electron chi connectivity index (χ0n) is 10.00. The molecule has 102 valence electrons. The first-order valence-electron chi connectivity index (χ1n) is 5.38. The van der Waals surface area contributed by atoms with Crippen molar-refractivity contribution in [3.63, 3.8) is 0 Å². The smallest absolute Gasteiger partial charge is 0.263 e. The Kier molecular flexibility index (Phi) is 3.83. The van der Waals surface area contributed by atoms with Crippen molar-refractivity contribution in [3.8, 4) is 0 Å². The van der Waals surface area contributed by atoms with E-state index in [1.165, 1.54) is 18.2 Å². The van der Waals surface area contributed by atoms with E-state index in [2.05, 4.69) is 9.71 Å². The average Bonchev–Trinajstić information content (AvgIpc) is 2.77. The fourth-order valence-corrected chi connectivity index (χ4v) is 3.45. The van der Waals surface area contributed by atoms with Crippen molar-refractivity contribution in [1.82, 2.24) is 4.98 Å². The van der Waals surface area contributed by atoms with Gasteiger partial charge in [0.15, 0.2) is 5.13 Å². The molecule has 0 aliphatic carbocycles. The minimum atomic E-state index is -3.83. The van der Waals surface area contributed by atoms with Crippen LogP contribution < -0.4 is 10.5 Å². The summed E-state index contributed by atoms with van der Waals surface area (Å²) in [5.41, 5.74) is 6.24. The highest BCUT2D eigenvalue weighted by atomic mass is 32.2. The second-order valence-electron chi connectivity index (χ2n) is 3.93. The molecule has 8 heteroatoms. The van der Waals surface area contributed by atoms with Crippen molar-refractivity contribution in [1.29, 1.82) is 0 Å². The van der Waals surface area contributed by atoms with Gasteiger partial charge in [-0.15, -0.1) is 11.3 Å². The van der Waals surface area contributed by atoms with Gasteiger partial charge < -0.3 is 5.73 Å². The van der Waals surface area contributed by atoms with Gasteiger partial charge >= 0.3 is 0 Å². The lowest BCUT2D eigenvalue weighted by atomic mass is 10.3. The highest BCUT2D eigenvalue weighted by molar-refractivity contribution is 7.93. The van der Waals surface area contributed by atoms with Crippen molar-refractivity contribution in [2.45, 2.75) is 17.9 Å². The summed E-state index contributed by atoms with van der Waals surface area (Å²) in [6, 6.07) is 4.49. The summed E-state index contributed by atoms with van der Waals surface area (Å²) in [5, 5.41) is 1.88. The van der Waals surface area contributed by atoms with Crippen molar-refractivity contribution in [2.24, 2.45) is 5.73 Å². The Morgan fingerprint density at radius 1 is 1.47 bits per heavy atom. The number of anilines is 1. The molecule has 1 atom stereocenters. The minimum absolute atomic E-state index is 0.148. The molecule has 2 rings (SSSR count). The molecule has 1 heterocycles. The minimum Gasteiger partial charge on any atom is -0.323 e. The van der Waals surface area contributed by atoms with Crippen LogP contribution in [0.2, 0.25) is 0 Å². The SMILES string of the molecule is CC(N)c1csc(NS(=O)(=O)c2cccc(F)c2)n1. The van der Waals surface area contributed by atoms with Crippen molar-refractivity contribution in [2.75, 3.05) is 4.72 Å². The van der Waals surface area contributed by atoms with Gasteiger partial charge in [0.25, 0.3) is 10.0 Å². The van der Waals surface area contributed by atoms with Crippen molar-refractivity contribution >= 4 is 26.5 Å². The summed E-state index contributed by atoms with van der Waals surface area (Å²) in [5.74, 6) is -0.613. The lowest BCUT2D eigenvalue weighted by molar-refractivity contribution is 0.595. The number of sulfonamides is 1. The van der Waals surface area contributed by atoms with Gasteiger partial charge in [-0.25, -0.2) is 17.8 Å². The monoisotopic (exact) mass is 301 g/mol. The number of hydrogen-bond donors (Lipinski definition) is 2. The molecule has 2 aromatic rings. The van der Waals surface area contributed by atoms with Gasteiger partial charge in [-0.05, 0) is 25.1 Å². The summed E-state index contributed by atoms with van der Waals surface area (Å²) >= 11 is 1.13. The Morgan fingerprint density at radius 2 is 2.21 bits per heavy atom. The van der Waals surface area contributed by atoms with E-state index in [-0.39, 0.29) is 16.1 Å². The van der Waals surface area contributed by atoms with E-state index in [1.54, 1.807) is 12.3 Å². The number of aromatic nitrogens is 1. The molecule has 0 radical (unpaired) electrons. The second kappa shape index (κ2) is 5.24. The molecule has 0 spiro atoms.